The summed E-state index contributed by atoms with van der Waals surface area (Å²) in [6.07, 6.45) is -0.579. The zero-order valence-corrected chi connectivity index (χ0v) is 12.1. The van der Waals surface area contributed by atoms with E-state index in [0.717, 1.165) is 16.8 Å². The van der Waals surface area contributed by atoms with Crippen molar-refractivity contribution in [1.82, 2.24) is 4.98 Å². The zero-order valence-electron chi connectivity index (χ0n) is 11.3. The summed E-state index contributed by atoms with van der Waals surface area (Å²) < 4.78 is 11.1. The van der Waals surface area contributed by atoms with Crippen molar-refractivity contribution in [3.8, 4) is 5.75 Å². The number of aliphatic hydroxyl groups is 1. The van der Waals surface area contributed by atoms with Crippen molar-refractivity contribution in [2.45, 2.75) is 11.3 Å². The lowest BCUT2D eigenvalue weighted by molar-refractivity contribution is 0.126. The predicted octanol–water partition coefficient (Wildman–Crippen LogP) is 3.36. The largest absolute Gasteiger partial charge is 0.491 e. The minimum absolute atomic E-state index is 0.247. The molecule has 1 N–H and O–H groups in total. The second-order valence-corrected chi connectivity index (χ2v) is 5.51. The molecule has 1 atom stereocenters. The second-order valence-electron chi connectivity index (χ2n) is 4.54. The molecule has 108 valence electrons. The molecule has 3 rings (SSSR count). The van der Waals surface area contributed by atoms with Gasteiger partial charge >= 0.3 is 0 Å². The molecule has 0 amide bonds. The SMILES string of the molecule is O[C@@H](COc1ccccc1)CSc1nc2ccccc2o1. The molecule has 4 nitrogen and oxygen atoms in total. The van der Waals surface area contributed by atoms with E-state index in [1.54, 1.807) is 0 Å². The first-order valence-corrected chi connectivity index (χ1v) is 7.64. The van der Waals surface area contributed by atoms with Gasteiger partial charge < -0.3 is 14.3 Å². The molecule has 0 unspecified atom stereocenters. The van der Waals surface area contributed by atoms with E-state index in [4.69, 9.17) is 9.15 Å². The fraction of sp³-hybridized carbons (Fsp3) is 0.188. The fourth-order valence-corrected chi connectivity index (χ4v) is 2.58. The molecule has 3 aromatic rings. The topological polar surface area (TPSA) is 55.5 Å². The predicted molar refractivity (Wildman–Crippen MR) is 82.7 cm³/mol. The quantitative estimate of drug-likeness (QED) is 0.708. The zero-order chi connectivity index (χ0) is 14.5. The van der Waals surface area contributed by atoms with Crippen molar-refractivity contribution in [3.63, 3.8) is 0 Å². The van der Waals surface area contributed by atoms with Crippen LogP contribution in [0.25, 0.3) is 11.1 Å². The monoisotopic (exact) mass is 301 g/mol. The van der Waals surface area contributed by atoms with Crippen LogP contribution >= 0.6 is 11.8 Å². The van der Waals surface area contributed by atoms with Gasteiger partial charge in [-0.05, 0) is 24.3 Å². The summed E-state index contributed by atoms with van der Waals surface area (Å²) in [4.78, 5) is 4.35. The molecule has 0 saturated heterocycles. The second kappa shape index (κ2) is 6.65. The number of hydrogen-bond acceptors (Lipinski definition) is 5. The van der Waals surface area contributed by atoms with Gasteiger partial charge in [0.05, 0.1) is 6.10 Å². The van der Waals surface area contributed by atoms with Gasteiger partial charge in [-0.15, -0.1) is 0 Å². The molecule has 0 bridgehead atoms. The normalized spacial score (nSPS) is 12.4. The van der Waals surface area contributed by atoms with E-state index in [1.165, 1.54) is 11.8 Å². The maximum Gasteiger partial charge on any atom is 0.256 e. The van der Waals surface area contributed by atoms with Crippen LogP contribution in [-0.2, 0) is 0 Å². The Balaban J connectivity index is 1.50. The smallest absolute Gasteiger partial charge is 0.256 e. The van der Waals surface area contributed by atoms with Crippen LogP contribution in [0.4, 0.5) is 0 Å². The van der Waals surface area contributed by atoms with Crippen LogP contribution < -0.4 is 4.74 Å². The molecule has 1 heterocycles. The van der Waals surface area contributed by atoms with E-state index >= 15 is 0 Å². The highest BCUT2D eigenvalue weighted by atomic mass is 32.2. The lowest BCUT2D eigenvalue weighted by Gasteiger charge is -2.10. The van der Waals surface area contributed by atoms with Crippen LogP contribution in [0.15, 0.2) is 64.2 Å². The van der Waals surface area contributed by atoms with Crippen LogP contribution in [0.3, 0.4) is 0 Å². The van der Waals surface area contributed by atoms with Gasteiger partial charge in [0.25, 0.3) is 5.22 Å². The average molecular weight is 301 g/mol. The minimum atomic E-state index is -0.579. The first-order chi connectivity index (χ1) is 10.3. The number of aromatic nitrogens is 1. The van der Waals surface area contributed by atoms with Crippen molar-refractivity contribution < 1.29 is 14.3 Å². The van der Waals surface area contributed by atoms with Crippen LogP contribution in [-0.4, -0.2) is 28.6 Å². The fourth-order valence-electron chi connectivity index (χ4n) is 1.84. The van der Waals surface area contributed by atoms with Gasteiger partial charge in [-0.1, -0.05) is 42.1 Å². The maximum absolute atomic E-state index is 9.93. The number of para-hydroxylation sites is 3. The molecule has 0 radical (unpaired) electrons. The number of rotatable bonds is 6. The molecule has 21 heavy (non-hydrogen) atoms. The molecule has 2 aromatic carbocycles. The Hall–Kier alpha value is -1.98. The number of benzene rings is 2. The Kier molecular flexibility index (Phi) is 4.43. The lowest BCUT2D eigenvalue weighted by atomic mass is 10.3. The summed E-state index contributed by atoms with van der Waals surface area (Å²) in [5.41, 5.74) is 1.59. The Morgan fingerprint density at radius 1 is 1.10 bits per heavy atom. The van der Waals surface area contributed by atoms with E-state index < -0.39 is 6.10 Å². The van der Waals surface area contributed by atoms with Crippen LogP contribution in [0, 0.1) is 0 Å². The van der Waals surface area contributed by atoms with Gasteiger partial charge in [0, 0.05) is 5.75 Å². The van der Waals surface area contributed by atoms with Gasteiger partial charge in [-0.25, -0.2) is 4.98 Å². The van der Waals surface area contributed by atoms with Crippen molar-refractivity contribution >= 4 is 22.9 Å². The van der Waals surface area contributed by atoms with Gasteiger partial charge in [0.15, 0.2) is 5.58 Å². The molecule has 0 aliphatic rings. The molecule has 0 fully saturated rings. The van der Waals surface area contributed by atoms with Gasteiger partial charge in [-0.2, -0.15) is 0 Å². The van der Waals surface area contributed by atoms with E-state index in [2.05, 4.69) is 4.98 Å². The molecule has 0 aliphatic carbocycles. The summed E-state index contributed by atoms with van der Waals surface area (Å²) in [7, 11) is 0. The number of aliphatic hydroxyl groups excluding tert-OH is 1. The number of oxazole rings is 1. The van der Waals surface area contributed by atoms with Gasteiger partial charge in [-0.3, -0.25) is 0 Å². The number of nitrogens with zero attached hydrogens (tertiary/aromatic N) is 1. The number of fused-ring (bicyclic) bond motifs is 1. The first-order valence-electron chi connectivity index (χ1n) is 6.65. The number of ether oxygens (including phenoxy) is 1. The lowest BCUT2D eigenvalue weighted by Crippen LogP contribution is -2.20. The maximum atomic E-state index is 9.93. The third-order valence-corrected chi connectivity index (χ3v) is 3.83. The molecule has 0 aliphatic heterocycles. The summed E-state index contributed by atoms with van der Waals surface area (Å²) in [5.74, 6) is 1.23. The van der Waals surface area contributed by atoms with Gasteiger partial charge in [0.2, 0.25) is 0 Å². The first kappa shape index (κ1) is 14.0. The third kappa shape index (κ3) is 3.77. The van der Waals surface area contributed by atoms with E-state index in [1.807, 2.05) is 54.6 Å². The van der Waals surface area contributed by atoms with Crippen LogP contribution in [0.2, 0.25) is 0 Å². The van der Waals surface area contributed by atoms with Crippen molar-refractivity contribution in [1.29, 1.82) is 0 Å². The Bertz CT molecular complexity index is 666. The molecule has 0 spiro atoms. The average Bonchev–Trinajstić information content (AvgIpc) is 2.95. The Morgan fingerprint density at radius 2 is 1.86 bits per heavy atom. The van der Waals surface area contributed by atoms with E-state index in [9.17, 15) is 5.11 Å². The van der Waals surface area contributed by atoms with E-state index in [0.29, 0.717) is 11.0 Å². The summed E-state index contributed by atoms with van der Waals surface area (Å²) in [6, 6.07) is 17.0. The molecular formula is C16H15NO3S. The van der Waals surface area contributed by atoms with Crippen molar-refractivity contribution in [2.75, 3.05) is 12.4 Å². The van der Waals surface area contributed by atoms with Crippen molar-refractivity contribution in [2.24, 2.45) is 0 Å². The van der Waals surface area contributed by atoms with Crippen LogP contribution in [0.1, 0.15) is 0 Å². The summed E-state index contributed by atoms with van der Waals surface area (Å²) in [6.45, 7) is 0.247. The van der Waals surface area contributed by atoms with Crippen LogP contribution in [0.5, 0.6) is 5.75 Å². The highest BCUT2D eigenvalue weighted by molar-refractivity contribution is 7.99. The number of hydrogen-bond donors (Lipinski definition) is 1. The molecule has 0 saturated carbocycles. The molecule has 1 aromatic heterocycles. The highest BCUT2D eigenvalue weighted by Crippen LogP contribution is 2.23. The summed E-state index contributed by atoms with van der Waals surface area (Å²) >= 11 is 1.38. The Morgan fingerprint density at radius 3 is 2.67 bits per heavy atom. The standard InChI is InChI=1S/C16H15NO3S/c18-12(10-19-13-6-2-1-3-7-13)11-21-16-17-14-8-4-5-9-15(14)20-16/h1-9,12,18H,10-11H2/t12-/m0/s1. The number of thioether (sulfide) groups is 1. The van der Waals surface area contributed by atoms with Gasteiger partial charge in [0.1, 0.15) is 17.9 Å². The highest BCUT2D eigenvalue weighted by Gasteiger charge is 2.10. The molecular weight excluding hydrogens is 286 g/mol. The van der Waals surface area contributed by atoms with E-state index in [-0.39, 0.29) is 6.61 Å². The Labute approximate surface area is 126 Å². The third-order valence-electron chi connectivity index (χ3n) is 2.86. The minimum Gasteiger partial charge on any atom is -0.491 e. The summed E-state index contributed by atoms with van der Waals surface area (Å²) in [5, 5.41) is 10.5. The molecule has 5 heteroatoms. The van der Waals surface area contributed by atoms with Crippen molar-refractivity contribution in [3.05, 3.63) is 54.6 Å².